The molecule has 0 amide bonds. The molecular formula is C12H14N2O5S. The second-order valence-electron chi connectivity index (χ2n) is 4.71. The molecule has 1 aromatic heterocycles. The van der Waals surface area contributed by atoms with E-state index in [-0.39, 0.29) is 16.5 Å². The van der Waals surface area contributed by atoms with E-state index in [1.54, 1.807) is 6.92 Å². The largest absolute Gasteiger partial charge is 0.417 e. The van der Waals surface area contributed by atoms with Gasteiger partial charge in [0.15, 0.2) is 5.58 Å². The third-order valence-corrected chi connectivity index (χ3v) is 5.32. The van der Waals surface area contributed by atoms with E-state index in [4.69, 9.17) is 9.15 Å². The fraction of sp³-hybridized carbons (Fsp3) is 0.417. The van der Waals surface area contributed by atoms with Crippen LogP contribution in [0, 0.1) is 0 Å². The van der Waals surface area contributed by atoms with E-state index in [9.17, 15) is 13.2 Å². The van der Waals surface area contributed by atoms with E-state index >= 15 is 0 Å². The summed E-state index contributed by atoms with van der Waals surface area (Å²) in [7, 11) is -3.62. The molecule has 1 fully saturated rings. The SMILES string of the molecule is CC1COCCN1S(=O)(=O)c1ccc2[nH]c(=O)oc2c1. The van der Waals surface area contributed by atoms with Crippen molar-refractivity contribution in [2.45, 2.75) is 17.9 Å². The molecule has 108 valence electrons. The van der Waals surface area contributed by atoms with Crippen LogP contribution in [-0.4, -0.2) is 43.5 Å². The highest BCUT2D eigenvalue weighted by molar-refractivity contribution is 7.89. The van der Waals surface area contributed by atoms with E-state index in [0.717, 1.165) is 0 Å². The summed E-state index contributed by atoms with van der Waals surface area (Å²) in [5, 5.41) is 0. The monoisotopic (exact) mass is 298 g/mol. The molecule has 0 saturated carbocycles. The summed E-state index contributed by atoms with van der Waals surface area (Å²) in [4.78, 5) is 13.7. The van der Waals surface area contributed by atoms with Crippen LogP contribution in [0.25, 0.3) is 11.1 Å². The lowest BCUT2D eigenvalue weighted by atomic mass is 10.3. The van der Waals surface area contributed by atoms with Crippen LogP contribution in [0.4, 0.5) is 0 Å². The summed E-state index contributed by atoms with van der Waals surface area (Å²) in [6.07, 6.45) is 0. The number of rotatable bonds is 2. The predicted octanol–water partition coefficient (Wildman–Crippen LogP) is 0.531. The van der Waals surface area contributed by atoms with Gasteiger partial charge in [0.05, 0.1) is 23.6 Å². The Hall–Kier alpha value is -1.64. The van der Waals surface area contributed by atoms with Crippen LogP contribution in [0.5, 0.6) is 0 Å². The van der Waals surface area contributed by atoms with Crippen LogP contribution in [0.1, 0.15) is 6.92 Å². The molecule has 0 radical (unpaired) electrons. The zero-order valence-electron chi connectivity index (χ0n) is 10.8. The number of oxazole rings is 1. The van der Waals surface area contributed by atoms with Gasteiger partial charge in [-0.1, -0.05) is 0 Å². The highest BCUT2D eigenvalue weighted by atomic mass is 32.2. The first-order chi connectivity index (χ1) is 9.48. The minimum atomic E-state index is -3.62. The molecule has 0 aliphatic carbocycles. The van der Waals surface area contributed by atoms with Crippen LogP contribution in [-0.2, 0) is 14.8 Å². The molecule has 1 aliphatic rings. The number of hydrogen-bond donors (Lipinski definition) is 1. The average molecular weight is 298 g/mol. The van der Waals surface area contributed by atoms with Gasteiger partial charge in [0.25, 0.3) is 0 Å². The van der Waals surface area contributed by atoms with Crippen molar-refractivity contribution in [2.24, 2.45) is 0 Å². The number of hydrogen-bond acceptors (Lipinski definition) is 5. The summed E-state index contributed by atoms with van der Waals surface area (Å²) >= 11 is 0. The van der Waals surface area contributed by atoms with Crippen LogP contribution in [0.3, 0.4) is 0 Å². The quantitative estimate of drug-likeness (QED) is 0.873. The number of aromatic amines is 1. The van der Waals surface area contributed by atoms with Gasteiger partial charge in [0.1, 0.15) is 0 Å². The molecule has 8 heteroatoms. The third-order valence-electron chi connectivity index (χ3n) is 3.31. The van der Waals surface area contributed by atoms with Gasteiger partial charge in [-0.3, -0.25) is 4.98 Å². The molecule has 3 rings (SSSR count). The van der Waals surface area contributed by atoms with Crippen LogP contribution < -0.4 is 5.76 Å². The standard InChI is InChI=1S/C12H14N2O5S/c1-8-7-18-5-4-14(8)20(16,17)9-2-3-10-11(6-9)19-12(15)13-10/h2-3,6,8H,4-5,7H2,1H3,(H,13,15). The Morgan fingerprint density at radius 1 is 1.40 bits per heavy atom. The molecule has 1 aliphatic heterocycles. The van der Waals surface area contributed by atoms with E-state index in [0.29, 0.717) is 25.3 Å². The smallest absolute Gasteiger partial charge is 0.408 e. The van der Waals surface area contributed by atoms with Crippen molar-refractivity contribution in [2.75, 3.05) is 19.8 Å². The fourth-order valence-corrected chi connectivity index (χ4v) is 3.91. The Morgan fingerprint density at radius 2 is 2.20 bits per heavy atom. The molecule has 20 heavy (non-hydrogen) atoms. The lowest BCUT2D eigenvalue weighted by Gasteiger charge is -2.32. The Morgan fingerprint density at radius 3 is 2.95 bits per heavy atom. The predicted molar refractivity (Wildman–Crippen MR) is 71.0 cm³/mol. The van der Waals surface area contributed by atoms with Gasteiger partial charge in [-0.2, -0.15) is 4.31 Å². The van der Waals surface area contributed by atoms with Gasteiger partial charge in [0, 0.05) is 18.7 Å². The number of morpholine rings is 1. The summed E-state index contributed by atoms with van der Waals surface area (Å²) in [6.45, 7) is 2.87. The Labute approximate surface area is 115 Å². The number of H-pyrrole nitrogens is 1. The Balaban J connectivity index is 2.05. The fourth-order valence-electron chi connectivity index (χ4n) is 2.29. The van der Waals surface area contributed by atoms with Crippen molar-refractivity contribution < 1.29 is 17.6 Å². The zero-order valence-corrected chi connectivity index (χ0v) is 11.6. The molecule has 0 bridgehead atoms. The molecule has 2 heterocycles. The summed E-state index contributed by atoms with van der Waals surface area (Å²) in [5.41, 5.74) is 0.709. The summed E-state index contributed by atoms with van der Waals surface area (Å²) in [6, 6.07) is 4.14. The van der Waals surface area contributed by atoms with Gasteiger partial charge in [0.2, 0.25) is 10.0 Å². The Bertz CT molecular complexity index is 792. The zero-order chi connectivity index (χ0) is 14.3. The molecule has 1 saturated heterocycles. The second-order valence-corrected chi connectivity index (χ2v) is 6.60. The first kappa shape index (κ1) is 13.3. The normalized spacial score (nSPS) is 21.4. The molecular weight excluding hydrogens is 284 g/mol. The van der Waals surface area contributed by atoms with Gasteiger partial charge in [-0.25, -0.2) is 13.2 Å². The summed E-state index contributed by atoms with van der Waals surface area (Å²) < 4.78 is 36.7. The van der Waals surface area contributed by atoms with Crippen molar-refractivity contribution in [3.8, 4) is 0 Å². The van der Waals surface area contributed by atoms with Crippen molar-refractivity contribution in [1.29, 1.82) is 0 Å². The van der Waals surface area contributed by atoms with Crippen molar-refractivity contribution in [1.82, 2.24) is 9.29 Å². The van der Waals surface area contributed by atoms with Crippen LogP contribution in [0.15, 0.2) is 32.3 Å². The summed E-state index contributed by atoms with van der Waals surface area (Å²) in [5.74, 6) is -0.603. The maximum atomic E-state index is 12.6. The van der Waals surface area contributed by atoms with E-state index in [2.05, 4.69) is 4.98 Å². The van der Waals surface area contributed by atoms with Crippen molar-refractivity contribution in [3.05, 3.63) is 28.7 Å². The number of nitrogens with one attached hydrogen (secondary N) is 1. The maximum Gasteiger partial charge on any atom is 0.417 e. The molecule has 1 atom stereocenters. The number of sulfonamides is 1. The molecule has 1 aromatic carbocycles. The molecule has 2 aromatic rings. The van der Waals surface area contributed by atoms with Gasteiger partial charge < -0.3 is 9.15 Å². The van der Waals surface area contributed by atoms with Crippen molar-refractivity contribution in [3.63, 3.8) is 0 Å². The number of benzene rings is 1. The first-order valence-electron chi connectivity index (χ1n) is 6.21. The topological polar surface area (TPSA) is 92.6 Å². The van der Waals surface area contributed by atoms with Crippen molar-refractivity contribution >= 4 is 21.1 Å². The molecule has 1 unspecified atom stereocenters. The van der Waals surface area contributed by atoms with Gasteiger partial charge in [-0.15, -0.1) is 0 Å². The van der Waals surface area contributed by atoms with Crippen LogP contribution in [0.2, 0.25) is 0 Å². The lowest BCUT2D eigenvalue weighted by molar-refractivity contribution is 0.0393. The van der Waals surface area contributed by atoms with Gasteiger partial charge in [-0.05, 0) is 19.1 Å². The minimum Gasteiger partial charge on any atom is -0.408 e. The first-order valence-corrected chi connectivity index (χ1v) is 7.65. The third kappa shape index (κ3) is 2.15. The second kappa shape index (κ2) is 4.72. The van der Waals surface area contributed by atoms with E-state index < -0.39 is 15.8 Å². The van der Waals surface area contributed by atoms with E-state index in [1.807, 2.05) is 0 Å². The number of fused-ring (bicyclic) bond motifs is 1. The highest BCUT2D eigenvalue weighted by Gasteiger charge is 2.31. The number of nitrogens with zero attached hydrogens (tertiary/aromatic N) is 1. The highest BCUT2D eigenvalue weighted by Crippen LogP contribution is 2.23. The Kier molecular flexibility index (Phi) is 3.15. The molecule has 7 nitrogen and oxygen atoms in total. The maximum absolute atomic E-state index is 12.6. The number of ether oxygens (including phenoxy) is 1. The lowest BCUT2D eigenvalue weighted by Crippen LogP contribution is -2.46. The average Bonchev–Trinajstić information content (AvgIpc) is 2.78. The van der Waals surface area contributed by atoms with E-state index in [1.165, 1.54) is 22.5 Å². The van der Waals surface area contributed by atoms with Gasteiger partial charge >= 0.3 is 5.76 Å². The molecule has 0 spiro atoms. The van der Waals surface area contributed by atoms with Crippen LogP contribution >= 0.6 is 0 Å². The molecule has 1 N–H and O–H groups in total. The minimum absolute atomic E-state index is 0.113. The number of aromatic nitrogens is 1.